The van der Waals surface area contributed by atoms with Crippen molar-refractivity contribution in [2.75, 3.05) is 6.54 Å². The molecule has 0 bridgehead atoms. The average molecular weight is 209 g/mol. The van der Waals surface area contributed by atoms with Gasteiger partial charge in [-0.3, -0.25) is 4.79 Å². The quantitative estimate of drug-likeness (QED) is 0.708. The highest BCUT2D eigenvalue weighted by atomic mass is 16.1. The molecule has 1 aliphatic carbocycles. The van der Waals surface area contributed by atoms with Gasteiger partial charge in [-0.05, 0) is 32.2 Å². The summed E-state index contributed by atoms with van der Waals surface area (Å²) in [7, 11) is 0. The van der Waals surface area contributed by atoms with Crippen LogP contribution in [0.2, 0.25) is 0 Å². The minimum absolute atomic E-state index is 0.196. The van der Waals surface area contributed by atoms with Crippen molar-refractivity contribution in [1.29, 1.82) is 0 Å². The summed E-state index contributed by atoms with van der Waals surface area (Å²) in [6.45, 7) is 1.04. The van der Waals surface area contributed by atoms with Gasteiger partial charge >= 0.3 is 0 Å². The van der Waals surface area contributed by atoms with Crippen LogP contribution in [0, 0.1) is 5.92 Å². The molecule has 1 heterocycles. The van der Waals surface area contributed by atoms with E-state index in [1.165, 1.54) is 38.5 Å². The zero-order valence-electron chi connectivity index (χ0n) is 9.63. The Morgan fingerprint density at radius 2 is 1.53 bits per heavy atom. The number of carbonyl (C=O) groups excluding carboxylic acids is 1. The predicted octanol–water partition coefficient (Wildman–Crippen LogP) is 2.67. The second-order valence-corrected chi connectivity index (χ2v) is 5.09. The predicted molar refractivity (Wildman–Crippen MR) is 61.8 cm³/mol. The Labute approximate surface area is 92.8 Å². The Morgan fingerprint density at radius 3 is 2.13 bits per heavy atom. The molecule has 2 nitrogen and oxygen atoms in total. The first kappa shape index (κ1) is 11.1. The van der Waals surface area contributed by atoms with Crippen LogP contribution in [0.3, 0.4) is 0 Å². The summed E-state index contributed by atoms with van der Waals surface area (Å²) in [4.78, 5) is 12.2. The van der Waals surface area contributed by atoms with Gasteiger partial charge in [0.1, 0.15) is 0 Å². The summed E-state index contributed by atoms with van der Waals surface area (Å²) in [6, 6.07) is 0.196. The van der Waals surface area contributed by atoms with Crippen molar-refractivity contribution >= 4 is 5.78 Å². The van der Waals surface area contributed by atoms with Gasteiger partial charge in [0, 0.05) is 5.92 Å². The van der Waals surface area contributed by atoms with E-state index < -0.39 is 0 Å². The van der Waals surface area contributed by atoms with Crippen molar-refractivity contribution in [2.24, 2.45) is 5.92 Å². The second kappa shape index (κ2) is 5.64. The summed E-state index contributed by atoms with van der Waals surface area (Å²) in [5, 5.41) is 3.39. The highest BCUT2D eigenvalue weighted by Gasteiger charge is 2.27. The minimum Gasteiger partial charge on any atom is -0.307 e. The van der Waals surface area contributed by atoms with E-state index in [2.05, 4.69) is 5.32 Å². The third kappa shape index (κ3) is 3.04. The highest BCUT2D eigenvalue weighted by molar-refractivity contribution is 5.86. The molecular formula is C13H23NO. The summed E-state index contributed by atoms with van der Waals surface area (Å²) in [5.74, 6) is 0.903. The van der Waals surface area contributed by atoms with Crippen LogP contribution in [0.25, 0.3) is 0 Å². The maximum atomic E-state index is 12.2. The van der Waals surface area contributed by atoms with E-state index in [0.29, 0.717) is 11.7 Å². The van der Waals surface area contributed by atoms with Crippen molar-refractivity contribution in [1.82, 2.24) is 5.32 Å². The molecular weight excluding hydrogens is 186 g/mol. The fraction of sp³-hybridized carbons (Fsp3) is 0.923. The van der Waals surface area contributed by atoms with Gasteiger partial charge in [-0.1, -0.05) is 32.1 Å². The van der Waals surface area contributed by atoms with Crippen LogP contribution in [0.1, 0.15) is 57.8 Å². The SMILES string of the molecule is O=C(C1CCCCCC1)[C@@H]1CCCCN1. The third-order valence-electron chi connectivity index (χ3n) is 3.91. The first-order valence-corrected chi connectivity index (χ1v) is 6.65. The van der Waals surface area contributed by atoms with Gasteiger partial charge in [-0.15, -0.1) is 0 Å². The molecule has 0 radical (unpaired) electrons. The standard InChI is InChI=1S/C13H23NO/c15-13(12-9-5-6-10-14-12)11-7-3-1-2-4-8-11/h11-12,14H,1-10H2/t12-/m0/s1. The lowest BCUT2D eigenvalue weighted by Crippen LogP contribution is -2.43. The lowest BCUT2D eigenvalue weighted by molar-refractivity contribution is -0.125. The van der Waals surface area contributed by atoms with E-state index in [0.717, 1.165) is 25.8 Å². The number of hydrogen-bond donors (Lipinski definition) is 1. The van der Waals surface area contributed by atoms with E-state index in [1.54, 1.807) is 0 Å². The molecule has 2 heteroatoms. The summed E-state index contributed by atoms with van der Waals surface area (Å²) in [5.41, 5.74) is 0. The van der Waals surface area contributed by atoms with E-state index in [4.69, 9.17) is 0 Å². The normalized spacial score (nSPS) is 29.7. The van der Waals surface area contributed by atoms with E-state index in [9.17, 15) is 4.79 Å². The number of carbonyl (C=O) groups is 1. The van der Waals surface area contributed by atoms with Gasteiger partial charge in [-0.2, -0.15) is 0 Å². The highest BCUT2D eigenvalue weighted by Crippen LogP contribution is 2.25. The zero-order chi connectivity index (χ0) is 10.5. The van der Waals surface area contributed by atoms with Gasteiger partial charge in [0.25, 0.3) is 0 Å². The van der Waals surface area contributed by atoms with Crippen molar-refractivity contribution < 1.29 is 4.79 Å². The Bertz CT molecular complexity index is 201. The lowest BCUT2D eigenvalue weighted by atomic mass is 9.88. The van der Waals surface area contributed by atoms with Crippen LogP contribution in [-0.4, -0.2) is 18.4 Å². The van der Waals surface area contributed by atoms with Gasteiger partial charge < -0.3 is 5.32 Å². The van der Waals surface area contributed by atoms with E-state index in [-0.39, 0.29) is 6.04 Å². The summed E-state index contributed by atoms with van der Waals surface area (Å²) in [6.07, 6.45) is 11.1. The molecule has 2 aliphatic rings. The molecule has 2 rings (SSSR count). The fourth-order valence-electron chi connectivity index (χ4n) is 2.94. The fourth-order valence-corrected chi connectivity index (χ4v) is 2.94. The summed E-state index contributed by atoms with van der Waals surface area (Å²) < 4.78 is 0. The molecule has 0 amide bonds. The maximum Gasteiger partial charge on any atom is 0.152 e. The molecule has 1 N–H and O–H groups in total. The van der Waals surface area contributed by atoms with Crippen LogP contribution < -0.4 is 5.32 Å². The number of rotatable bonds is 2. The molecule has 0 unspecified atom stereocenters. The molecule has 0 aromatic rings. The average Bonchev–Trinajstić information content (AvgIpc) is 2.58. The van der Waals surface area contributed by atoms with Crippen molar-refractivity contribution in [3.05, 3.63) is 0 Å². The molecule has 0 aromatic heterocycles. The van der Waals surface area contributed by atoms with Crippen LogP contribution in [-0.2, 0) is 4.79 Å². The van der Waals surface area contributed by atoms with Gasteiger partial charge in [-0.25, -0.2) is 0 Å². The topological polar surface area (TPSA) is 29.1 Å². The van der Waals surface area contributed by atoms with Crippen LogP contribution in [0.5, 0.6) is 0 Å². The second-order valence-electron chi connectivity index (χ2n) is 5.09. The minimum atomic E-state index is 0.196. The number of ketones is 1. The molecule has 0 aromatic carbocycles. The van der Waals surface area contributed by atoms with Crippen molar-refractivity contribution in [3.8, 4) is 0 Å². The zero-order valence-corrected chi connectivity index (χ0v) is 9.63. The van der Waals surface area contributed by atoms with Gasteiger partial charge in [0.2, 0.25) is 0 Å². The van der Waals surface area contributed by atoms with E-state index in [1.807, 2.05) is 0 Å². The number of piperidine rings is 1. The van der Waals surface area contributed by atoms with E-state index >= 15 is 0 Å². The molecule has 0 spiro atoms. The van der Waals surface area contributed by atoms with Crippen LogP contribution in [0.15, 0.2) is 0 Å². The number of nitrogens with one attached hydrogen (secondary N) is 1. The Kier molecular flexibility index (Phi) is 4.18. The number of hydrogen-bond acceptors (Lipinski definition) is 2. The smallest absolute Gasteiger partial charge is 0.152 e. The molecule has 15 heavy (non-hydrogen) atoms. The van der Waals surface area contributed by atoms with Gasteiger partial charge in [0.15, 0.2) is 5.78 Å². The lowest BCUT2D eigenvalue weighted by Gasteiger charge is -2.25. The Morgan fingerprint density at radius 1 is 0.867 bits per heavy atom. The largest absolute Gasteiger partial charge is 0.307 e. The molecule has 1 atom stereocenters. The molecule has 1 saturated carbocycles. The first-order valence-electron chi connectivity index (χ1n) is 6.65. The third-order valence-corrected chi connectivity index (χ3v) is 3.91. The first-order chi connectivity index (χ1) is 7.38. The summed E-state index contributed by atoms with van der Waals surface area (Å²) >= 11 is 0. The maximum absolute atomic E-state index is 12.2. The number of Topliss-reactive ketones (excluding diaryl/α,β-unsaturated/α-hetero) is 1. The van der Waals surface area contributed by atoms with Crippen LogP contribution >= 0.6 is 0 Å². The molecule has 1 saturated heterocycles. The Hall–Kier alpha value is -0.370. The van der Waals surface area contributed by atoms with Crippen molar-refractivity contribution in [3.63, 3.8) is 0 Å². The van der Waals surface area contributed by atoms with Crippen molar-refractivity contribution in [2.45, 2.75) is 63.8 Å². The molecule has 1 aliphatic heterocycles. The van der Waals surface area contributed by atoms with Gasteiger partial charge in [0.05, 0.1) is 6.04 Å². The monoisotopic (exact) mass is 209 g/mol. The van der Waals surface area contributed by atoms with Crippen LogP contribution in [0.4, 0.5) is 0 Å². The molecule has 86 valence electrons. The molecule has 2 fully saturated rings. The Balaban J connectivity index is 1.87.